The fraction of sp³-hybridized carbons (Fsp3) is 0.500. The monoisotopic (exact) mass is 402 g/mol. The van der Waals surface area contributed by atoms with Gasteiger partial charge in [0, 0.05) is 26.7 Å². The zero-order valence-corrected chi connectivity index (χ0v) is 17.7. The SMILES string of the molecule is CN=C(NCC(c1ccc(C)o1)N1CCOCC1)NC(C)c1ccc(C)c(F)c1. The summed E-state index contributed by atoms with van der Waals surface area (Å²) in [5, 5.41) is 6.75. The first-order valence-corrected chi connectivity index (χ1v) is 10.1. The van der Waals surface area contributed by atoms with E-state index >= 15 is 0 Å². The van der Waals surface area contributed by atoms with Crippen molar-refractivity contribution in [3.05, 3.63) is 58.8 Å². The summed E-state index contributed by atoms with van der Waals surface area (Å²) in [5.41, 5.74) is 1.52. The lowest BCUT2D eigenvalue weighted by molar-refractivity contribution is 0.0124. The van der Waals surface area contributed by atoms with Gasteiger partial charge in [0.05, 0.1) is 25.3 Å². The number of furan rings is 1. The molecule has 0 amide bonds. The smallest absolute Gasteiger partial charge is 0.191 e. The molecular weight excluding hydrogens is 371 g/mol. The highest BCUT2D eigenvalue weighted by Crippen LogP contribution is 2.23. The van der Waals surface area contributed by atoms with E-state index in [4.69, 9.17) is 9.15 Å². The van der Waals surface area contributed by atoms with Gasteiger partial charge in [-0.1, -0.05) is 12.1 Å². The van der Waals surface area contributed by atoms with Gasteiger partial charge in [-0.05, 0) is 50.1 Å². The minimum atomic E-state index is -0.195. The first kappa shape index (κ1) is 21.3. The molecule has 1 aliphatic rings. The Morgan fingerprint density at radius 3 is 2.59 bits per heavy atom. The third-order valence-corrected chi connectivity index (χ3v) is 5.31. The number of benzene rings is 1. The second kappa shape index (κ2) is 9.89. The summed E-state index contributed by atoms with van der Waals surface area (Å²) in [6.07, 6.45) is 0. The molecule has 2 N–H and O–H groups in total. The van der Waals surface area contributed by atoms with Crippen molar-refractivity contribution in [2.45, 2.75) is 32.9 Å². The number of nitrogens with one attached hydrogen (secondary N) is 2. The Kier molecular flexibility index (Phi) is 7.28. The van der Waals surface area contributed by atoms with Crippen LogP contribution < -0.4 is 10.6 Å². The summed E-state index contributed by atoms with van der Waals surface area (Å²) in [6, 6.07) is 9.33. The second-order valence-electron chi connectivity index (χ2n) is 7.44. The molecule has 6 nitrogen and oxygen atoms in total. The van der Waals surface area contributed by atoms with Crippen LogP contribution >= 0.6 is 0 Å². The summed E-state index contributed by atoms with van der Waals surface area (Å²) < 4.78 is 25.3. The topological polar surface area (TPSA) is 62.0 Å². The molecule has 7 heteroatoms. The third kappa shape index (κ3) is 5.58. The number of hydrogen-bond donors (Lipinski definition) is 2. The van der Waals surface area contributed by atoms with Crippen LogP contribution in [0.5, 0.6) is 0 Å². The average Bonchev–Trinajstić information content (AvgIpc) is 3.16. The maximum atomic E-state index is 13.9. The van der Waals surface area contributed by atoms with Crippen LogP contribution in [0.4, 0.5) is 4.39 Å². The van der Waals surface area contributed by atoms with Gasteiger partial charge in [-0.25, -0.2) is 4.39 Å². The van der Waals surface area contributed by atoms with Gasteiger partial charge in [-0.3, -0.25) is 9.89 Å². The van der Waals surface area contributed by atoms with Gasteiger partial charge in [0.15, 0.2) is 5.96 Å². The minimum absolute atomic E-state index is 0.0796. The molecule has 2 heterocycles. The van der Waals surface area contributed by atoms with E-state index in [0.29, 0.717) is 18.1 Å². The summed E-state index contributed by atoms with van der Waals surface area (Å²) in [4.78, 5) is 6.70. The van der Waals surface area contributed by atoms with E-state index < -0.39 is 0 Å². The van der Waals surface area contributed by atoms with Crippen molar-refractivity contribution in [2.75, 3.05) is 39.9 Å². The fourth-order valence-corrected chi connectivity index (χ4v) is 3.49. The van der Waals surface area contributed by atoms with Crippen molar-refractivity contribution >= 4 is 5.96 Å². The van der Waals surface area contributed by atoms with E-state index in [1.807, 2.05) is 32.0 Å². The molecule has 1 fully saturated rings. The van der Waals surface area contributed by atoms with Gasteiger partial charge in [0.1, 0.15) is 17.3 Å². The van der Waals surface area contributed by atoms with E-state index in [-0.39, 0.29) is 17.9 Å². The van der Waals surface area contributed by atoms with Gasteiger partial charge in [0.2, 0.25) is 0 Å². The Labute approximate surface area is 172 Å². The normalized spacial score (nSPS) is 17.8. The lowest BCUT2D eigenvalue weighted by Gasteiger charge is -2.33. The zero-order chi connectivity index (χ0) is 20.8. The Hall–Kier alpha value is -2.38. The van der Waals surface area contributed by atoms with E-state index in [2.05, 4.69) is 20.5 Å². The molecule has 0 aliphatic carbocycles. The third-order valence-electron chi connectivity index (χ3n) is 5.31. The van der Waals surface area contributed by atoms with E-state index in [1.165, 1.54) is 0 Å². The summed E-state index contributed by atoms with van der Waals surface area (Å²) in [7, 11) is 1.73. The van der Waals surface area contributed by atoms with Crippen LogP contribution in [0.25, 0.3) is 0 Å². The fourth-order valence-electron chi connectivity index (χ4n) is 3.49. The van der Waals surface area contributed by atoms with Crippen LogP contribution in [0.15, 0.2) is 39.7 Å². The molecule has 1 aliphatic heterocycles. The molecule has 0 radical (unpaired) electrons. The molecule has 29 heavy (non-hydrogen) atoms. The molecule has 0 saturated carbocycles. The number of morpholine rings is 1. The summed E-state index contributed by atoms with van der Waals surface area (Å²) >= 11 is 0. The number of nitrogens with zero attached hydrogens (tertiary/aromatic N) is 2. The Morgan fingerprint density at radius 2 is 1.97 bits per heavy atom. The Morgan fingerprint density at radius 1 is 1.21 bits per heavy atom. The molecule has 3 rings (SSSR count). The van der Waals surface area contributed by atoms with Crippen LogP contribution in [0.2, 0.25) is 0 Å². The van der Waals surface area contributed by atoms with E-state index in [0.717, 1.165) is 43.4 Å². The van der Waals surface area contributed by atoms with Gasteiger partial charge in [-0.2, -0.15) is 0 Å². The summed E-state index contributed by atoms with van der Waals surface area (Å²) in [5.74, 6) is 2.30. The maximum Gasteiger partial charge on any atom is 0.191 e. The predicted molar refractivity (Wildman–Crippen MR) is 113 cm³/mol. The Balaban J connectivity index is 1.65. The predicted octanol–water partition coefficient (Wildman–Crippen LogP) is 3.34. The molecule has 1 saturated heterocycles. The molecule has 0 spiro atoms. The van der Waals surface area contributed by atoms with Gasteiger partial charge in [-0.15, -0.1) is 0 Å². The number of halogens is 1. The Bertz CT molecular complexity index is 830. The van der Waals surface area contributed by atoms with Crippen LogP contribution in [0, 0.1) is 19.7 Å². The first-order valence-electron chi connectivity index (χ1n) is 10.1. The number of hydrogen-bond acceptors (Lipinski definition) is 4. The molecule has 158 valence electrons. The highest BCUT2D eigenvalue weighted by Gasteiger charge is 2.25. The molecule has 2 atom stereocenters. The van der Waals surface area contributed by atoms with Gasteiger partial charge >= 0.3 is 0 Å². The molecule has 1 aromatic heterocycles. The van der Waals surface area contributed by atoms with Crippen molar-refractivity contribution < 1.29 is 13.5 Å². The van der Waals surface area contributed by atoms with Crippen LogP contribution in [-0.2, 0) is 4.74 Å². The quantitative estimate of drug-likeness (QED) is 0.573. The second-order valence-corrected chi connectivity index (χ2v) is 7.44. The van der Waals surface area contributed by atoms with Crippen molar-refractivity contribution in [1.29, 1.82) is 0 Å². The van der Waals surface area contributed by atoms with Gasteiger partial charge < -0.3 is 19.8 Å². The first-order chi connectivity index (χ1) is 14.0. The van der Waals surface area contributed by atoms with Crippen molar-refractivity contribution in [3.63, 3.8) is 0 Å². The van der Waals surface area contributed by atoms with Crippen LogP contribution in [0.1, 0.15) is 41.7 Å². The summed E-state index contributed by atoms with van der Waals surface area (Å²) in [6.45, 7) is 9.51. The largest absolute Gasteiger partial charge is 0.465 e. The minimum Gasteiger partial charge on any atom is -0.465 e. The standard InChI is InChI=1S/C22H31FN4O2/c1-15-5-7-18(13-19(15)23)17(3)26-22(24-4)25-14-20(21-8-6-16(2)29-21)27-9-11-28-12-10-27/h5-8,13,17,20H,9-12,14H2,1-4H3,(H2,24,25,26). The molecule has 1 aromatic carbocycles. The zero-order valence-electron chi connectivity index (χ0n) is 17.7. The molecular formula is C22H31FN4O2. The molecule has 0 bridgehead atoms. The van der Waals surface area contributed by atoms with Crippen LogP contribution in [-0.4, -0.2) is 50.8 Å². The maximum absolute atomic E-state index is 13.9. The van der Waals surface area contributed by atoms with Crippen molar-refractivity contribution in [1.82, 2.24) is 15.5 Å². The lowest BCUT2D eigenvalue weighted by Crippen LogP contribution is -2.46. The highest BCUT2D eigenvalue weighted by atomic mass is 19.1. The van der Waals surface area contributed by atoms with E-state index in [9.17, 15) is 4.39 Å². The number of ether oxygens (including phenoxy) is 1. The van der Waals surface area contributed by atoms with E-state index in [1.54, 1.807) is 26.1 Å². The van der Waals surface area contributed by atoms with Gasteiger partial charge in [0.25, 0.3) is 0 Å². The molecule has 2 aromatic rings. The van der Waals surface area contributed by atoms with Crippen molar-refractivity contribution in [2.24, 2.45) is 4.99 Å². The lowest BCUT2D eigenvalue weighted by atomic mass is 10.1. The number of rotatable bonds is 6. The number of guanidine groups is 1. The molecule has 2 unspecified atom stereocenters. The van der Waals surface area contributed by atoms with Crippen LogP contribution in [0.3, 0.4) is 0 Å². The highest BCUT2D eigenvalue weighted by molar-refractivity contribution is 5.80. The number of aliphatic imine (C=N–C) groups is 1. The average molecular weight is 403 g/mol. The number of aryl methyl sites for hydroxylation is 2. The van der Waals surface area contributed by atoms with Crippen molar-refractivity contribution in [3.8, 4) is 0 Å².